The highest BCUT2D eigenvalue weighted by molar-refractivity contribution is 5.92. The first kappa shape index (κ1) is 18.5. The molecular weight excluding hydrogens is 342 g/mol. The van der Waals surface area contributed by atoms with Gasteiger partial charge in [0, 0.05) is 24.0 Å². The molecule has 1 aromatic heterocycles. The average Bonchev–Trinajstić information content (AvgIpc) is 2.90. The number of carbonyl (C=O) groups is 1. The third-order valence-corrected chi connectivity index (χ3v) is 4.43. The van der Waals surface area contributed by atoms with Crippen LogP contribution in [0, 0.1) is 13.8 Å². The van der Waals surface area contributed by atoms with E-state index in [-0.39, 0.29) is 5.91 Å². The summed E-state index contributed by atoms with van der Waals surface area (Å²) in [7, 11) is 3.48. The first-order valence-corrected chi connectivity index (χ1v) is 8.67. The number of hydrogen-bond donors (Lipinski definition) is 1. The van der Waals surface area contributed by atoms with E-state index in [2.05, 4.69) is 10.4 Å². The van der Waals surface area contributed by atoms with Gasteiger partial charge in [0.1, 0.15) is 5.75 Å². The van der Waals surface area contributed by atoms with Crippen LogP contribution in [0.25, 0.3) is 0 Å². The molecule has 3 aromatic rings. The Morgan fingerprint density at radius 1 is 1.07 bits per heavy atom. The zero-order valence-corrected chi connectivity index (χ0v) is 15.9. The summed E-state index contributed by atoms with van der Waals surface area (Å²) in [6.07, 6.45) is 0.297. The Morgan fingerprint density at radius 2 is 1.74 bits per heavy atom. The fraction of sp³-hybridized carbons (Fsp3) is 0.238. The average molecular weight is 365 g/mol. The Bertz CT molecular complexity index is 946. The number of aryl methyl sites for hydroxylation is 2. The fourth-order valence-electron chi connectivity index (χ4n) is 2.88. The van der Waals surface area contributed by atoms with E-state index in [9.17, 15) is 4.79 Å². The summed E-state index contributed by atoms with van der Waals surface area (Å²) in [4.78, 5) is 12.4. The molecule has 1 amide bonds. The number of nitrogens with one attached hydrogen (secondary N) is 1. The van der Waals surface area contributed by atoms with Gasteiger partial charge in [-0.25, -0.2) is 0 Å². The number of aromatic nitrogens is 2. The van der Waals surface area contributed by atoms with Crippen molar-refractivity contribution in [3.63, 3.8) is 0 Å². The van der Waals surface area contributed by atoms with Crippen LogP contribution in [0.3, 0.4) is 0 Å². The van der Waals surface area contributed by atoms with Crippen molar-refractivity contribution in [2.45, 2.75) is 20.3 Å². The Kier molecular flexibility index (Phi) is 5.45. The Morgan fingerprint density at radius 3 is 2.33 bits per heavy atom. The highest BCUT2D eigenvalue weighted by atomic mass is 16.5. The van der Waals surface area contributed by atoms with Crippen molar-refractivity contribution in [1.82, 2.24) is 9.78 Å². The minimum Gasteiger partial charge on any atom is -0.493 e. The third-order valence-electron chi connectivity index (χ3n) is 4.43. The largest absolute Gasteiger partial charge is 0.493 e. The lowest BCUT2D eigenvalue weighted by Crippen LogP contribution is -2.15. The van der Waals surface area contributed by atoms with Crippen LogP contribution >= 0.6 is 0 Å². The zero-order chi connectivity index (χ0) is 19.4. The standard InChI is InChI=1S/C21H23N3O3/c1-14-18(15(2)24(3)23-14)13-21(25)22-16-9-11-17(12-10-16)27-20-8-6-5-7-19(20)26-4/h5-12H,13H2,1-4H3,(H,22,25). The second-order valence-electron chi connectivity index (χ2n) is 6.28. The molecule has 6 heteroatoms. The number of anilines is 1. The number of amides is 1. The molecule has 0 bridgehead atoms. The number of para-hydroxylation sites is 2. The van der Waals surface area contributed by atoms with Crippen LogP contribution in [0.5, 0.6) is 17.2 Å². The van der Waals surface area contributed by atoms with E-state index in [1.54, 1.807) is 11.8 Å². The Balaban J connectivity index is 1.64. The molecule has 0 saturated carbocycles. The predicted octanol–water partition coefficient (Wildman–Crippen LogP) is 4.02. The molecule has 0 radical (unpaired) electrons. The number of hydrogen-bond acceptors (Lipinski definition) is 4. The van der Waals surface area contributed by atoms with Gasteiger partial charge in [-0.1, -0.05) is 12.1 Å². The maximum absolute atomic E-state index is 12.4. The van der Waals surface area contributed by atoms with Crippen LogP contribution < -0.4 is 14.8 Å². The van der Waals surface area contributed by atoms with Gasteiger partial charge < -0.3 is 14.8 Å². The number of benzene rings is 2. The van der Waals surface area contributed by atoms with Crippen LogP contribution in [0.2, 0.25) is 0 Å². The topological polar surface area (TPSA) is 65.4 Å². The fourth-order valence-corrected chi connectivity index (χ4v) is 2.88. The number of nitrogens with zero attached hydrogens (tertiary/aromatic N) is 2. The molecule has 0 aliphatic heterocycles. The van der Waals surface area contributed by atoms with Gasteiger partial charge >= 0.3 is 0 Å². The van der Waals surface area contributed by atoms with Crippen molar-refractivity contribution in [2.75, 3.05) is 12.4 Å². The quantitative estimate of drug-likeness (QED) is 0.716. The number of carbonyl (C=O) groups excluding carboxylic acids is 1. The summed E-state index contributed by atoms with van der Waals surface area (Å²) in [5, 5.41) is 7.26. The molecule has 3 rings (SSSR count). The molecule has 0 spiro atoms. The molecule has 0 unspecified atom stereocenters. The van der Waals surface area contributed by atoms with Gasteiger partial charge in [0.25, 0.3) is 0 Å². The van der Waals surface area contributed by atoms with Crippen LogP contribution in [-0.2, 0) is 18.3 Å². The smallest absolute Gasteiger partial charge is 0.228 e. The van der Waals surface area contributed by atoms with E-state index < -0.39 is 0 Å². The second kappa shape index (κ2) is 7.95. The summed E-state index contributed by atoms with van der Waals surface area (Å²) < 4.78 is 12.9. The normalized spacial score (nSPS) is 10.5. The molecule has 2 aromatic carbocycles. The zero-order valence-electron chi connectivity index (χ0n) is 15.9. The highest BCUT2D eigenvalue weighted by Gasteiger charge is 2.13. The summed E-state index contributed by atoms with van der Waals surface area (Å²) in [6.45, 7) is 3.88. The van der Waals surface area contributed by atoms with Gasteiger partial charge in [0.05, 0.1) is 19.2 Å². The number of ether oxygens (including phenoxy) is 2. The molecule has 0 fully saturated rings. The van der Waals surface area contributed by atoms with Gasteiger partial charge in [0.2, 0.25) is 5.91 Å². The van der Waals surface area contributed by atoms with Gasteiger partial charge in [-0.15, -0.1) is 0 Å². The molecular formula is C21H23N3O3. The Labute approximate surface area is 158 Å². The molecule has 1 N–H and O–H groups in total. The lowest BCUT2D eigenvalue weighted by Gasteiger charge is -2.11. The van der Waals surface area contributed by atoms with Gasteiger partial charge in [-0.3, -0.25) is 9.48 Å². The van der Waals surface area contributed by atoms with Crippen molar-refractivity contribution in [3.8, 4) is 17.2 Å². The van der Waals surface area contributed by atoms with Crippen molar-refractivity contribution < 1.29 is 14.3 Å². The van der Waals surface area contributed by atoms with E-state index in [1.807, 2.05) is 69.4 Å². The van der Waals surface area contributed by atoms with Crippen molar-refractivity contribution in [2.24, 2.45) is 7.05 Å². The maximum Gasteiger partial charge on any atom is 0.228 e. The van der Waals surface area contributed by atoms with E-state index in [0.29, 0.717) is 29.4 Å². The van der Waals surface area contributed by atoms with Gasteiger partial charge in [-0.05, 0) is 50.2 Å². The predicted molar refractivity (Wildman–Crippen MR) is 105 cm³/mol. The van der Waals surface area contributed by atoms with Crippen LogP contribution in [0.15, 0.2) is 48.5 Å². The second-order valence-corrected chi connectivity index (χ2v) is 6.28. The molecule has 0 saturated heterocycles. The minimum absolute atomic E-state index is 0.0763. The Hall–Kier alpha value is -3.28. The van der Waals surface area contributed by atoms with E-state index in [4.69, 9.17) is 9.47 Å². The molecule has 1 heterocycles. The summed E-state index contributed by atoms with van der Waals surface area (Å²) in [5.41, 5.74) is 3.56. The van der Waals surface area contributed by atoms with Crippen LogP contribution in [0.4, 0.5) is 5.69 Å². The minimum atomic E-state index is -0.0763. The van der Waals surface area contributed by atoms with Crippen LogP contribution in [0.1, 0.15) is 17.0 Å². The van der Waals surface area contributed by atoms with E-state index >= 15 is 0 Å². The summed E-state index contributed by atoms with van der Waals surface area (Å²) in [6, 6.07) is 14.7. The molecule has 0 aliphatic rings. The van der Waals surface area contributed by atoms with Crippen LogP contribution in [-0.4, -0.2) is 22.8 Å². The molecule has 140 valence electrons. The van der Waals surface area contributed by atoms with Crippen molar-refractivity contribution >= 4 is 11.6 Å². The lowest BCUT2D eigenvalue weighted by atomic mass is 10.1. The SMILES string of the molecule is COc1ccccc1Oc1ccc(NC(=O)Cc2c(C)nn(C)c2C)cc1. The number of rotatable bonds is 6. The molecule has 6 nitrogen and oxygen atoms in total. The monoisotopic (exact) mass is 365 g/mol. The molecule has 27 heavy (non-hydrogen) atoms. The van der Waals surface area contributed by atoms with Crippen molar-refractivity contribution in [3.05, 3.63) is 65.5 Å². The van der Waals surface area contributed by atoms with E-state index in [0.717, 1.165) is 17.0 Å². The van der Waals surface area contributed by atoms with E-state index in [1.165, 1.54) is 0 Å². The van der Waals surface area contributed by atoms with Gasteiger partial charge in [-0.2, -0.15) is 5.10 Å². The third kappa shape index (κ3) is 4.28. The highest BCUT2D eigenvalue weighted by Crippen LogP contribution is 2.31. The first-order chi connectivity index (χ1) is 13.0. The number of methoxy groups -OCH3 is 1. The first-order valence-electron chi connectivity index (χ1n) is 8.67. The lowest BCUT2D eigenvalue weighted by molar-refractivity contribution is -0.115. The summed E-state index contributed by atoms with van der Waals surface area (Å²) in [5.74, 6) is 1.89. The summed E-state index contributed by atoms with van der Waals surface area (Å²) >= 11 is 0. The van der Waals surface area contributed by atoms with Gasteiger partial charge in [0.15, 0.2) is 11.5 Å². The molecule has 0 atom stereocenters. The van der Waals surface area contributed by atoms with Crippen molar-refractivity contribution in [1.29, 1.82) is 0 Å². The maximum atomic E-state index is 12.4. The molecule has 0 aliphatic carbocycles.